The maximum atomic E-state index is 12.2. The van der Waals surface area contributed by atoms with Gasteiger partial charge in [-0.25, -0.2) is 0 Å². The molecule has 0 heterocycles. The highest BCUT2D eigenvalue weighted by Gasteiger charge is 2.18. The summed E-state index contributed by atoms with van der Waals surface area (Å²) in [7, 11) is 0. The largest absolute Gasteiger partial charge is 0.367 e. The van der Waals surface area contributed by atoms with Gasteiger partial charge in [0.15, 0.2) is 5.78 Å². The fraction of sp³-hybridized carbons (Fsp3) is 0.588. The summed E-state index contributed by atoms with van der Waals surface area (Å²) >= 11 is 5.90. The van der Waals surface area contributed by atoms with Crippen LogP contribution in [0.5, 0.6) is 0 Å². The molecule has 0 saturated heterocycles. The molecule has 0 radical (unpaired) electrons. The van der Waals surface area contributed by atoms with Gasteiger partial charge in [-0.15, -0.1) is 0 Å². The number of ether oxygens (including phenoxy) is 1. The molecule has 20 heavy (non-hydrogen) atoms. The molecule has 0 aliphatic rings. The summed E-state index contributed by atoms with van der Waals surface area (Å²) in [6, 6.07) is 7.02. The summed E-state index contributed by atoms with van der Waals surface area (Å²) in [5.74, 6) is -0.00657. The minimum absolute atomic E-state index is 0.00657. The van der Waals surface area contributed by atoms with Crippen molar-refractivity contribution in [3.63, 3.8) is 0 Å². The molecule has 0 N–H and O–H groups in total. The van der Waals surface area contributed by atoms with Crippen molar-refractivity contribution < 1.29 is 9.53 Å². The average molecular weight is 297 g/mol. The standard InChI is InChI=1S/C17H25ClO2/c1-4-5-6-7-9-13(2)20-14(3)17(19)15-10-8-11-16(18)12-15/h8,10-14H,4-7,9H2,1-3H3. The molecule has 3 heteroatoms. The molecule has 1 aromatic rings. The molecule has 0 saturated carbocycles. The summed E-state index contributed by atoms with van der Waals surface area (Å²) in [4.78, 5) is 12.2. The molecule has 2 nitrogen and oxygen atoms in total. The Kier molecular flexibility index (Phi) is 7.86. The Morgan fingerprint density at radius 1 is 1.25 bits per heavy atom. The van der Waals surface area contributed by atoms with E-state index in [4.69, 9.17) is 16.3 Å². The highest BCUT2D eigenvalue weighted by Crippen LogP contribution is 2.15. The number of carbonyl (C=O) groups is 1. The van der Waals surface area contributed by atoms with Gasteiger partial charge in [-0.1, -0.05) is 56.3 Å². The Morgan fingerprint density at radius 2 is 2.00 bits per heavy atom. The molecule has 0 aliphatic carbocycles. The Labute approximate surface area is 127 Å². The van der Waals surface area contributed by atoms with Crippen molar-refractivity contribution >= 4 is 17.4 Å². The lowest BCUT2D eigenvalue weighted by Gasteiger charge is -2.18. The van der Waals surface area contributed by atoms with Crippen molar-refractivity contribution in [1.82, 2.24) is 0 Å². The van der Waals surface area contributed by atoms with Crippen molar-refractivity contribution in [2.24, 2.45) is 0 Å². The monoisotopic (exact) mass is 296 g/mol. The summed E-state index contributed by atoms with van der Waals surface area (Å²) in [5.41, 5.74) is 0.614. The number of hydrogen-bond acceptors (Lipinski definition) is 2. The van der Waals surface area contributed by atoms with Crippen LogP contribution in [0.1, 0.15) is 63.2 Å². The molecule has 0 bridgehead atoms. The van der Waals surface area contributed by atoms with E-state index in [9.17, 15) is 4.79 Å². The van der Waals surface area contributed by atoms with E-state index in [1.165, 1.54) is 19.3 Å². The number of hydrogen-bond donors (Lipinski definition) is 0. The van der Waals surface area contributed by atoms with Gasteiger partial charge in [0.25, 0.3) is 0 Å². The number of carbonyl (C=O) groups excluding carboxylic acids is 1. The maximum absolute atomic E-state index is 12.2. The fourth-order valence-corrected chi connectivity index (χ4v) is 2.40. The Balaban J connectivity index is 2.41. The molecule has 2 atom stereocenters. The lowest BCUT2D eigenvalue weighted by atomic mass is 10.1. The van der Waals surface area contributed by atoms with E-state index in [0.29, 0.717) is 10.6 Å². The third kappa shape index (κ3) is 6.06. The van der Waals surface area contributed by atoms with Crippen LogP contribution in [0.25, 0.3) is 0 Å². The molecule has 0 amide bonds. The molecule has 1 rings (SSSR count). The maximum Gasteiger partial charge on any atom is 0.191 e. The number of halogens is 1. The van der Waals surface area contributed by atoms with Gasteiger partial charge in [-0.3, -0.25) is 4.79 Å². The first kappa shape index (κ1) is 17.2. The fourth-order valence-electron chi connectivity index (χ4n) is 2.21. The zero-order valence-corrected chi connectivity index (χ0v) is 13.5. The Hall–Kier alpha value is -0.860. The summed E-state index contributed by atoms with van der Waals surface area (Å²) in [5, 5.41) is 0.579. The van der Waals surface area contributed by atoms with Gasteiger partial charge >= 0.3 is 0 Å². The van der Waals surface area contributed by atoms with Crippen LogP contribution in [-0.4, -0.2) is 18.0 Å². The minimum atomic E-state index is -0.422. The van der Waals surface area contributed by atoms with Crippen LogP contribution in [0.3, 0.4) is 0 Å². The van der Waals surface area contributed by atoms with Gasteiger partial charge in [-0.2, -0.15) is 0 Å². The minimum Gasteiger partial charge on any atom is -0.367 e. The predicted molar refractivity (Wildman–Crippen MR) is 84.6 cm³/mol. The third-order valence-corrected chi connectivity index (χ3v) is 3.61. The highest BCUT2D eigenvalue weighted by atomic mass is 35.5. The van der Waals surface area contributed by atoms with Crippen LogP contribution in [0.15, 0.2) is 24.3 Å². The van der Waals surface area contributed by atoms with Crippen LogP contribution in [0.2, 0.25) is 5.02 Å². The molecule has 0 aromatic heterocycles. The second-order valence-electron chi connectivity index (χ2n) is 5.31. The zero-order valence-electron chi connectivity index (χ0n) is 12.7. The zero-order chi connectivity index (χ0) is 15.0. The van der Waals surface area contributed by atoms with Crippen LogP contribution < -0.4 is 0 Å². The summed E-state index contributed by atoms with van der Waals surface area (Å²) in [6.45, 7) is 6.05. The second kappa shape index (κ2) is 9.15. The van der Waals surface area contributed by atoms with E-state index in [1.54, 1.807) is 24.3 Å². The van der Waals surface area contributed by atoms with E-state index in [0.717, 1.165) is 12.8 Å². The topological polar surface area (TPSA) is 26.3 Å². The van der Waals surface area contributed by atoms with Crippen LogP contribution in [-0.2, 0) is 4.74 Å². The Morgan fingerprint density at radius 3 is 2.65 bits per heavy atom. The van der Waals surface area contributed by atoms with Crippen molar-refractivity contribution in [2.75, 3.05) is 0 Å². The third-order valence-electron chi connectivity index (χ3n) is 3.38. The van der Waals surface area contributed by atoms with Gasteiger partial charge in [-0.05, 0) is 32.4 Å². The molecule has 0 fully saturated rings. The summed E-state index contributed by atoms with van der Waals surface area (Å²) in [6.07, 6.45) is 5.60. The quantitative estimate of drug-likeness (QED) is 0.457. The van der Waals surface area contributed by atoms with Gasteiger partial charge in [0.2, 0.25) is 0 Å². The molecular weight excluding hydrogens is 272 g/mol. The number of ketones is 1. The van der Waals surface area contributed by atoms with Crippen LogP contribution in [0, 0.1) is 0 Å². The Bertz CT molecular complexity index is 417. The number of rotatable bonds is 9. The van der Waals surface area contributed by atoms with Gasteiger partial charge in [0.05, 0.1) is 6.10 Å². The normalized spacial score (nSPS) is 14.0. The molecule has 1 aromatic carbocycles. The van der Waals surface area contributed by atoms with Crippen molar-refractivity contribution in [2.45, 2.75) is 65.1 Å². The van der Waals surface area contributed by atoms with Gasteiger partial charge in [0.1, 0.15) is 6.10 Å². The van der Waals surface area contributed by atoms with Crippen LogP contribution >= 0.6 is 11.6 Å². The first-order valence-corrected chi connectivity index (χ1v) is 7.87. The van der Waals surface area contributed by atoms with E-state index < -0.39 is 6.10 Å². The lowest BCUT2D eigenvalue weighted by molar-refractivity contribution is 0.00834. The second-order valence-corrected chi connectivity index (χ2v) is 5.75. The molecule has 0 spiro atoms. The van der Waals surface area contributed by atoms with Crippen molar-refractivity contribution in [1.29, 1.82) is 0 Å². The lowest BCUT2D eigenvalue weighted by Crippen LogP contribution is -2.25. The predicted octanol–water partition coefficient (Wildman–Crippen LogP) is 5.29. The smallest absolute Gasteiger partial charge is 0.191 e. The number of unbranched alkanes of at least 4 members (excludes halogenated alkanes) is 3. The van der Waals surface area contributed by atoms with Gasteiger partial charge < -0.3 is 4.74 Å². The van der Waals surface area contributed by atoms with E-state index in [-0.39, 0.29) is 11.9 Å². The summed E-state index contributed by atoms with van der Waals surface area (Å²) < 4.78 is 5.79. The molecular formula is C17H25ClO2. The molecule has 0 aliphatic heterocycles. The first-order chi connectivity index (χ1) is 9.54. The molecule has 2 unspecified atom stereocenters. The number of Topliss-reactive ketones (excluding diaryl/α,β-unsaturated/α-hetero) is 1. The van der Waals surface area contributed by atoms with Crippen molar-refractivity contribution in [3.8, 4) is 0 Å². The SMILES string of the molecule is CCCCCCC(C)OC(C)C(=O)c1cccc(Cl)c1. The van der Waals surface area contributed by atoms with Crippen LogP contribution in [0.4, 0.5) is 0 Å². The first-order valence-electron chi connectivity index (χ1n) is 7.49. The van der Waals surface area contributed by atoms with E-state index in [2.05, 4.69) is 6.92 Å². The number of benzene rings is 1. The van der Waals surface area contributed by atoms with E-state index >= 15 is 0 Å². The highest BCUT2D eigenvalue weighted by molar-refractivity contribution is 6.31. The van der Waals surface area contributed by atoms with Gasteiger partial charge in [0, 0.05) is 10.6 Å². The molecule has 112 valence electrons. The van der Waals surface area contributed by atoms with Crippen molar-refractivity contribution in [3.05, 3.63) is 34.9 Å². The average Bonchev–Trinajstić information content (AvgIpc) is 2.42. The van der Waals surface area contributed by atoms with E-state index in [1.807, 2.05) is 13.8 Å².